The molecule has 0 fully saturated rings. The molecule has 2 rings (SSSR count). The quantitative estimate of drug-likeness (QED) is 0.570. The first-order valence-corrected chi connectivity index (χ1v) is 5.55. The summed E-state index contributed by atoms with van der Waals surface area (Å²) in [5.41, 5.74) is 4.50. The fourth-order valence-electron chi connectivity index (χ4n) is 1.80. The standard InChI is InChI=1S/C11H16N6O/c1-17-7-8(15-16-17)6-10(14-12)9-4-3-5-13-11(9)18-2/h3-5,7,10,14H,6,12H2,1-2H3. The van der Waals surface area contributed by atoms with Gasteiger partial charge in [-0.3, -0.25) is 16.0 Å². The first-order chi connectivity index (χ1) is 8.74. The van der Waals surface area contributed by atoms with E-state index >= 15 is 0 Å². The first kappa shape index (κ1) is 12.5. The van der Waals surface area contributed by atoms with Gasteiger partial charge in [0.05, 0.1) is 18.8 Å². The highest BCUT2D eigenvalue weighted by Crippen LogP contribution is 2.24. The third kappa shape index (κ3) is 2.63. The minimum absolute atomic E-state index is 0.120. The molecule has 1 atom stereocenters. The molecule has 0 aliphatic rings. The summed E-state index contributed by atoms with van der Waals surface area (Å²) in [7, 11) is 3.41. The van der Waals surface area contributed by atoms with Gasteiger partial charge in [-0.25, -0.2) is 4.98 Å². The topological polar surface area (TPSA) is 90.9 Å². The van der Waals surface area contributed by atoms with Gasteiger partial charge in [0.2, 0.25) is 5.88 Å². The monoisotopic (exact) mass is 248 g/mol. The maximum Gasteiger partial charge on any atom is 0.217 e. The predicted octanol–water partition coefficient (Wildman–Crippen LogP) is -0.0342. The summed E-state index contributed by atoms with van der Waals surface area (Å²) in [4.78, 5) is 4.15. The number of rotatable bonds is 5. The molecule has 0 saturated heterocycles. The highest BCUT2D eigenvalue weighted by atomic mass is 16.5. The molecule has 2 aromatic heterocycles. The van der Waals surface area contributed by atoms with Gasteiger partial charge in [-0.1, -0.05) is 11.3 Å². The van der Waals surface area contributed by atoms with Gasteiger partial charge >= 0.3 is 0 Å². The van der Waals surface area contributed by atoms with E-state index in [1.165, 1.54) is 0 Å². The smallest absolute Gasteiger partial charge is 0.217 e. The van der Waals surface area contributed by atoms with E-state index in [0.29, 0.717) is 12.3 Å². The molecule has 7 nitrogen and oxygen atoms in total. The van der Waals surface area contributed by atoms with Crippen molar-refractivity contribution < 1.29 is 4.74 Å². The van der Waals surface area contributed by atoms with Crippen molar-refractivity contribution in [3.05, 3.63) is 35.8 Å². The zero-order valence-corrected chi connectivity index (χ0v) is 10.4. The van der Waals surface area contributed by atoms with Crippen LogP contribution in [0.5, 0.6) is 5.88 Å². The van der Waals surface area contributed by atoms with Crippen LogP contribution in [0, 0.1) is 0 Å². The highest BCUT2D eigenvalue weighted by Gasteiger charge is 2.17. The molecule has 0 amide bonds. The van der Waals surface area contributed by atoms with E-state index in [4.69, 9.17) is 10.6 Å². The zero-order valence-electron chi connectivity index (χ0n) is 10.4. The van der Waals surface area contributed by atoms with Gasteiger partial charge in [-0.15, -0.1) is 5.10 Å². The number of nitrogens with one attached hydrogen (secondary N) is 1. The summed E-state index contributed by atoms with van der Waals surface area (Å²) in [5.74, 6) is 6.15. The highest BCUT2D eigenvalue weighted by molar-refractivity contribution is 5.29. The molecular weight excluding hydrogens is 232 g/mol. The Morgan fingerprint density at radius 2 is 2.39 bits per heavy atom. The predicted molar refractivity (Wildman–Crippen MR) is 65.6 cm³/mol. The van der Waals surface area contributed by atoms with Crippen LogP contribution in [-0.2, 0) is 13.5 Å². The number of hydrazine groups is 1. The SMILES string of the molecule is COc1ncccc1C(Cc1cn(C)nn1)NN. The van der Waals surface area contributed by atoms with Crippen molar-refractivity contribution in [1.29, 1.82) is 0 Å². The molecule has 7 heteroatoms. The number of nitrogens with two attached hydrogens (primary N) is 1. The van der Waals surface area contributed by atoms with E-state index in [0.717, 1.165) is 11.3 Å². The number of nitrogens with zero attached hydrogens (tertiary/aromatic N) is 4. The lowest BCUT2D eigenvalue weighted by atomic mass is 10.0. The van der Waals surface area contributed by atoms with Crippen LogP contribution in [0.25, 0.3) is 0 Å². The number of aromatic nitrogens is 4. The summed E-state index contributed by atoms with van der Waals surface area (Å²) < 4.78 is 6.88. The Balaban J connectivity index is 2.22. The second-order valence-corrected chi connectivity index (χ2v) is 3.91. The molecule has 96 valence electrons. The van der Waals surface area contributed by atoms with Gasteiger partial charge in [0, 0.05) is 31.4 Å². The number of ether oxygens (including phenoxy) is 1. The van der Waals surface area contributed by atoms with E-state index in [9.17, 15) is 0 Å². The summed E-state index contributed by atoms with van der Waals surface area (Å²) in [6.45, 7) is 0. The number of aryl methyl sites for hydroxylation is 1. The number of pyridine rings is 1. The lowest BCUT2D eigenvalue weighted by Gasteiger charge is -2.16. The van der Waals surface area contributed by atoms with E-state index in [1.54, 1.807) is 18.0 Å². The van der Waals surface area contributed by atoms with E-state index in [1.807, 2.05) is 25.4 Å². The van der Waals surface area contributed by atoms with E-state index in [-0.39, 0.29) is 6.04 Å². The number of hydrogen-bond donors (Lipinski definition) is 2. The fourth-order valence-corrected chi connectivity index (χ4v) is 1.80. The molecule has 0 radical (unpaired) electrons. The lowest BCUT2D eigenvalue weighted by molar-refractivity contribution is 0.382. The minimum Gasteiger partial charge on any atom is -0.481 e. The average molecular weight is 248 g/mol. The van der Waals surface area contributed by atoms with Crippen LogP contribution in [0.4, 0.5) is 0 Å². The van der Waals surface area contributed by atoms with E-state index in [2.05, 4.69) is 20.7 Å². The minimum atomic E-state index is -0.120. The Morgan fingerprint density at radius 3 is 3.00 bits per heavy atom. The molecule has 0 aliphatic carbocycles. The van der Waals surface area contributed by atoms with Gasteiger partial charge < -0.3 is 4.74 Å². The molecule has 0 spiro atoms. The Bertz CT molecular complexity index is 512. The van der Waals surface area contributed by atoms with Crippen molar-refractivity contribution in [3.63, 3.8) is 0 Å². The van der Waals surface area contributed by atoms with Crippen LogP contribution in [0.2, 0.25) is 0 Å². The Kier molecular flexibility index (Phi) is 3.85. The molecule has 3 N–H and O–H groups in total. The summed E-state index contributed by atoms with van der Waals surface area (Å²) in [5, 5.41) is 7.93. The van der Waals surface area contributed by atoms with Gasteiger partial charge in [-0.2, -0.15) is 0 Å². The zero-order chi connectivity index (χ0) is 13.0. The Morgan fingerprint density at radius 1 is 1.56 bits per heavy atom. The molecule has 1 unspecified atom stereocenters. The molecule has 18 heavy (non-hydrogen) atoms. The molecule has 0 bridgehead atoms. The largest absolute Gasteiger partial charge is 0.481 e. The van der Waals surface area contributed by atoms with Crippen LogP contribution >= 0.6 is 0 Å². The Hall–Kier alpha value is -1.99. The lowest BCUT2D eigenvalue weighted by Crippen LogP contribution is -2.30. The Labute approximate surface area is 105 Å². The molecule has 0 saturated carbocycles. The van der Waals surface area contributed by atoms with E-state index < -0.39 is 0 Å². The fraction of sp³-hybridized carbons (Fsp3) is 0.364. The van der Waals surface area contributed by atoms with Crippen LogP contribution in [-0.4, -0.2) is 27.1 Å². The summed E-state index contributed by atoms with van der Waals surface area (Å²) >= 11 is 0. The van der Waals surface area contributed by atoms with Gasteiger partial charge in [0.25, 0.3) is 0 Å². The first-order valence-electron chi connectivity index (χ1n) is 5.55. The van der Waals surface area contributed by atoms with Crippen molar-refractivity contribution in [2.45, 2.75) is 12.5 Å². The molecule has 0 aliphatic heterocycles. The van der Waals surface area contributed by atoms with Crippen molar-refractivity contribution in [2.24, 2.45) is 12.9 Å². The third-order valence-electron chi connectivity index (χ3n) is 2.63. The number of hydrogen-bond acceptors (Lipinski definition) is 6. The van der Waals surface area contributed by atoms with Crippen LogP contribution in [0.3, 0.4) is 0 Å². The van der Waals surface area contributed by atoms with Crippen molar-refractivity contribution in [1.82, 2.24) is 25.4 Å². The second kappa shape index (κ2) is 5.56. The van der Waals surface area contributed by atoms with Gasteiger partial charge in [-0.05, 0) is 6.07 Å². The van der Waals surface area contributed by atoms with Crippen molar-refractivity contribution in [3.8, 4) is 5.88 Å². The molecular formula is C11H16N6O. The van der Waals surface area contributed by atoms with Crippen LogP contribution in [0.1, 0.15) is 17.3 Å². The normalized spacial score (nSPS) is 12.4. The van der Waals surface area contributed by atoms with Crippen molar-refractivity contribution >= 4 is 0 Å². The second-order valence-electron chi connectivity index (χ2n) is 3.91. The summed E-state index contributed by atoms with van der Waals surface area (Å²) in [6, 6.07) is 3.65. The molecule has 2 heterocycles. The molecule has 0 aromatic carbocycles. The maximum absolute atomic E-state index is 5.59. The third-order valence-corrected chi connectivity index (χ3v) is 2.63. The number of methoxy groups -OCH3 is 1. The van der Waals surface area contributed by atoms with Crippen LogP contribution in [0.15, 0.2) is 24.5 Å². The van der Waals surface area contributed by atoms with Crippen LogP contribution < -0.4 is 16.0 Å². The van der Waals surface area contributed by atoms with Gasteiger partial charge in [0.1, 0.15) is 0 Å². The van der Waals surface area contributed by atoms with Crippen molar-refractivity contribution in [2.75, 3.05) is 7.11 Å². The average Bonchev–Trinajstić information content (AvgIpc) is 2.81. The molecule has 2 aromatic rings. The maximum atomic E-state index is 5.59. The van der Waals surface area contributed by atoms with Gasteiger partial charge in [0.15, 0.2) is 0 Å². The summed E-state index contributed by atoms with van der Waals surface area (Å²) in [6.07, 6.45) is 4.15.